The van der Waals surface area contributed by atoms with Gasteiger partial charge in [-0.3, -0.25) is 4.79 Å². The first kappa shape index (κ1) is 19.7. The molecule has 0 heterocycles. The summed E-state index contributed by atoms with van der Waals surface area (Å²) >= 11 is 0. The molecule has 0 unspecified atom stereocenters. The van der Waals surface area contributed by atoms with E-state index in [-0.39, 0.29) is 16.3 Å². The van der Waals surface area contributed by atoms with Gasteiger partial charge in [-0.2, -0.15) is 9.41 Å². The van der Waals surface area contributed by atoms with Gasteiger partial charge in [0.1, 0.15) is 5.82 Å². The molecule has 8 heteroatoms. The molecule has 26 heavy (non-hydrogen) atoms. The van der Waals surface area contributed by atoms with Gasteiger partial charge in [-0.1, -0.05) is 32.0 Å². The molecule has 0 fully saturated rings. The van der Waals surface area contributed by atoms with E-state index < -0.39 is 15.9 Å². The van der Waals surface area contributed by atoms with Gasteiger partial charge in [-0.15, -0.1) is 0 Å². The van der Waals surface area contributed by atoms with Gasteiger partial charge < -0.3 is 0 Å². The predicted octanol–water partition coefficient (Wildman–Crippen LogP) is 2.62. The molecule has 0 aliphatic carbocycles. The standard InChI is InChI=1S/C18H20FN3O3S/c1-3-22(4-2)26(24,25)17-7-5-6-15(12-17)18(23)21-20-13-14-8-10-16(19)11-9-14/h5-13H,3-4H2,1-2H3,(H,21,23)/b20-13-. The van der Waals surface area contributed by atoms with Crippen molar-refractivity contribution in [2.24, 2.45) is 5.10 Å². The molecule has 138 valence electrons. The Hall–Kier alpha value is -2.58. The van der Waals surface area contributed by atoms with Crippen molar-refractivity contribution >= 4 is 22.1 Å². The molecular formula is C18H20FN3O3S. The van der Waals surface area contributed by atoms with Gasteiger partial charge in [-0.25, -0.2) is 18.2 Å². The summed E-state index contributed by atoms with van der Waals surface area (Å²) in [5.41, 5.74) is 3.12. The van der Waals surface area contributed by atoms with Gasteiger partial charge in [0.2, 0.25) is 10.0 Å². The first-order valence-electron chi connectivity index (χ1n) is 8.07. The fourth-order valence-electron chi connectivity index (χ4n) is 2.29. The highest BCUT2D eigenvalue weighted by Crippen LogP contribution is 2.17. The SMILES string of the molecule is CCN(CC)S(=O)(=O)c1cccc(C(=O)N/N=C\c2ccc(F)cc2)c1. The van der Waals surface area contributed by atoms with E-state index in [4.69, 9.17) is 0 Å². The zero-order valence-corrected chi connectivity index (χ0v) is 15.3. The molecule has 6 nitrogen and oxygen atoms in total. The molecule has 0 saturated carbocycles. The van der Waals surface area contributed by atoms with Crippen LogP contribution in [0, 0.1) is 5.82 Å². The lowest BCUT2D eigenvalue weighted by Gasteiger charge is -2.18. The molecule has 2 aromatic carbocycles. The van der Waals surface area contributed by atoms with E-state index >= 15 is 0 Å². The predicted molar refractivity (Wildman–Crippen MR) is 98.0 cm³/mol. The van der Waals surface area contributed by atoms with Crippen LogP contribution in [-0.4, -0.2) is 37.9 Å². The fourth-order valence-corrected chi connectivity index (χ4v) is 3.79. The van der Waals surface area contributed by atoms with Crippen LogP contribution in [0.1, 0.15) is 29.8 Å². The number of nitrogens with zero attached hydrogens (tertiary/aromatic N) is 2. The number of nitrogens with one attached hydrogen (secondary N) is 1. The van der Waals surface area contributed by atoms with Crippen LogP contribution in [0.5, 0.6) is 0 Å². The molecule has 0 aliphatic rings. The second-order valence-electron chi connectivity index (χ2n) is 5.37. The summed E-state index contributed by atoms with van der Waals surface area (Å²) in [6.07, 6.45) is 1.37. The number of hydrogen-bond donors (Lipinski definition) is 1. The number of carbonyl (C=O) groups excluding carboxylic acids is 1. The van der Waals surface area contributed by atoms with E-state index in [1.807, 2.05) is 0 Å². The Morgan fingerprint density at radius 1 is 1.15 bits per heavy atom. The lowest BCUT2D eigenvalue weighted by molar-refractivity contribution is 0.0955. The van der Waals surface area contributed by atoms with E-state index in [1.54, 1.807) is 13.8 Å². The van der Waals surface area contributed by atoms with Crippen molar-refractivity contribution < 1.29 is 17.6 Å². The Morgan fingerprint density at radius 3 is 2.42 bits per heavy atom. The Kier molecular flexibility index (Phi) is 6.59. The first-order chi connectivity index (χ1) is 12.4. The highest BCUT2D eigenvalue weighted by atomic mass is 32.2. The molecule has 0 saturated heterocycles. The molecule has 2 rings (SSSR count). The van der Waals surface area contributed by atoms with Crippen LogP contribution in [0.25, 0.3) is 0 Å². The minimum Gasteiger partial charge on any atom is -0.267 e. The van der Waals surface area contributed by atoms with Crippen molar-refractivity contribution in [1.29, 1.82) is 0 Å². The lowest BCUT2D eigenvalue weighted by Crippen LogP contribution is -2.30. The maximum absolute atomic E-state index is 12.8. The van der Waals surface area contributed by atoms with Gasteiger partial charge in [0, 0.05) is 18.7 Å². The average molecular weight is 377 g/mol. The molecule has 0 radical (unpaired) electrons. The summed E-state index contributed by atoms with van der Waals surface area (Å²) in [7, 11) is -3.65. The number of sulfonamides is 1. The Morgan fingerprint density at radius 2 is 1.81 bits per heavy atom. The van der Waals surface area contributed by atoms with Crippen molar-refractivity contribution in [3.63, 3.8) is 0 Å². The first-order valence-corrected chi connectivity index (χ1v) is 9.51. The van der Waals surface area contributed by atoms with E-state index in [9.17, 15) is 17.6 Å². The van der Waals surface area contributed by atoms with E-state index in [0.29, 0.717) is 18.7 Å². The van der Waals surface area contributed by atoms with Crippen LogP contribution in [0.15, 0.2) is 58.5 Å². The van der Waals surface area contributed by atoms with Crippen LogP contribution < -0.4 is 5.43 Å². The van der Waals surface area contributed by atoms with Crippen LogP contribution in [0.3, 0.4) is 0 Å². The van der Waals surface area contributed by atoms with Crippen LogP contribution in [-0.2, 0) is 10.0 Å². The topological polar surface area (TPSA) is 78.8 Å². The summed E-state index contributed by atoms with van der Waals surface area (Å²) in [5.74, 6) is -0.905. The number of hydrazone groups is 1. The second-order valence-corrected chi connectivity index (χ2v) is 7.31. The van der Waals surface area contributed by atoms with E-state index in [1.165, 1.54) is 59.1 Å². The second kappa shape index (κ2) is 8.68. The minimum absolute atomic E-state index is 0.0522. The molecular weight excluding hydrogens is 357 g/mol. The van der Waals surface area contributed by atoms with Crippen molar-refractivity contribution in [1.82, 2.24) is 9.73 Å². The van der Waals surface area contributed by atoms with Gasteiger partial charge in [-0.05, 0) is 35.9 Å². The summed E-state index contributed by atoms with van der Waals surface area (Å²) < 4.78 is 39.2. The fraction of sp³-hybridized carbons (Fsp3) is 0.222. The number of rotatable bonds is 7. The van der Waals surface area contributed by atoms with Gasteiger partial charge in [0.05, 0.1) is 11.1 Å². The number of hydrogen-bond acceptors (Lipinski definition) is 4. The molecule has 0 atom stereocenters. The largest absolute Gasteiger partial charge is 0.271 e. The Balaban J connectivity index is 2.14. The average Bonchev–Trinajstić information content (AvgIpc) is 2.64. The van der Waals surface area contributed by atoms with Crippen molar-refractivity contribution in [3.05, 3.63) is 65.5 Å². The van der Waals surface area contributed by atoms with Crippen molar-refractivity contribution in [3.8, 4) is 0 Å². The summed E-state index contributed by atoms with van der Waals surface area (Å²) in [5, 5.41) is 3.80. The van der Waals surface area contributed by atoms with Crippen LogP contribution >= 0.6 is 0 Å². The van der Waals surface area contributed by atoms with Gasteiger partial charge in [0.15, 0.2) is 0 Å². The van der Waals surface area contributed by atoms with Crippen LogP contribution in [0.2, 0.25) is 0 Å². The van der Waals surface area contributed by atoms with E-state index in [0.717, 1.165) is 0 Å². The molecule has 2 aromatic rings. The lowest BCUT2D eigenvalue weighted by atomic mass is 10.2. The third-order valence-corrected chi connectivity index (χ3v) is 5.74. The summed E-state index contributed by atoms with van der Waals surface area (Å²) in [6, 6.07) is 11.4. The molecule has 1 amide bonds. The normalized spacial score (nSPS) is 11.8. The van der Waals surface area contributed by atoms with Gasteiger partial charge in [0.25, 0.3) is 5.91 Å². The molecule has 0 aromatic heterocycles. The maximum atomic E-state index is 12.8. The number of carbonyl (C=O) groups is 1. The van der Waals surface area contributed by atoms with E-state index in [2.05, 4.69) is 10.5 Å². The summed E-state index contributed by atoms with van der Waals surface area (Å²) in [6.45, 7) is 4.19. The molecule has 0 aliphatic heterocycles. The molecule has 0 spiro atoms. The highest BCUT2D eigenvalue weighted by Gasteiger charge is 2.22. The van der Waals surface area contributed by atoms with Crippen molar-refractivity contribution in [2.75, 3.05) is 13.1 Å². The quantitative estimate of drug-likeness (QED) is 0.595. The monoisotopic (exact) mass is 377 g/mol. The number of amides is 1. The molecule has 0 bridgehead atoms. The Labute approximate surface area is 152 Å². The molecule has 1 N–H and O–H groups in total. The zero-order chi connectivity index (χ0) is 19.2. The number of benzene rings is 2. The van der Waals surface area contributed by atoms with Crippen LogP contribution in [0.4, 0.5) is 4.39 Å². The van der Waals surface area contributed by atoms with Crippen molar-refractivity contribution in [2.45, 2.75) is 18.7 Å². The van der Waals surface area contributed by atoms with Gasteiger partial charge >= 0.3 is 0 Å². The minimum atomic E-state index is -3.65. The highest BCUT2D eigenvalue weighted by molar-refractivity contribution is 7.89. The third-order valence-electron chi connectivity index (χ3n) is 3.69. The third kappa shape index (κ3) is 4.74. The Bertz CT molecular complexity index is 892. The summed E-state index contributed by atoms with van der Waals surface area (Å²) in [4.78, 5) is 12.2. The maximum Gasteiger partial charge on any atom is 0.271 e. The zero-order valence-electron chi connectivity index (χ0n) is 14.5. The smallest absolute Gasteiger partial charge is 0.267 e. The number of halogens is 1.